The van der Waals surface area contributed by atoms with Gasteiger partial charge in [-0.15, -0.1) is 0 Å². The molecule has 0 spiro atoms. The van der Waals surface area contributed by atoms with Crippen LogP contribution >= 0.6 is 0 Å². The summed E-state index contributed by atoms with van der Waals surface area (Å²) in [5, 5.41) is 19.1. The number of carbonyl (C=O) groups is 6. The highest BCUT2D eigenvalue weighted by atomic mass is 16.5. The molecule has 0 aliphatic carbocycles. The van der Waals surface area contributed by atoms with Gasteiger partial charge < -0.3 is 50.1 Å². The van der Waals surface area contributed by atoms with Crippen molar-refractivity contribution in [2.75, 3.05) is 72.5 Å². The Labute approximate surface area is 215 Å². The highest BCUT2D eigenvalue weighted by Crippen LogP contribution is 1.99. The molecule has 0 aromatic carbocycles. The number of carbonyl (C=O) groups excluding carboxylic acids is 5. The zero-order chi connectivity index (χ0) is 27.6. The zero-order valence-electron chi connectivity index (χ0n) is 20.9. The van der Waals surface area contributed by atoms with E-state index in [1.54, 1.807) is 0 Å². The number of amides is 4. The molecule has 0 aliphatic rings. The Kier molecular flexibility index (Phi) is 22.5. The van der Waals surface area contributed by atoms with E-state index in [-0.39, 0.29) is 70.8 Å². The first kappa shape index (κ1) is 33.9. The fraction of sp³-hybridized carbons (Fsp3) is 0.727. The number of carboxylic acids is 1. The van der Waals surface area contributed by atoms with Gasteiger partial charge in [0.15, 0.2) is 0 Å². The van der Waals surface area contributed by atoms with Crippen LogP contribution in [0.4, 0.5) is 0 Å². The van der Waals surface area contributed by atoms with E-state index in [9.17, 15) is 33.9 Å². The van der Waals surface area contributed by atoms with Gasteiger partial charge >= 0.3 is 5.97 Å². The third-order valence-electron chi connectivity index (χ3n) is 4.37. The van der Waals surface area contributed by atoms with Gasteiger partial charge in [0.2, 0.25) is 24.1 Å². The molecule has 37 heavy (non-hydrogen) atoms. The average Bonchev–Trinajstić information content (AvgIpc) is 2.87. The molecular formula is C22H38N4O11. The van der Waals surface area contributed by atoms with Crippen molar-refractivity contribution in [3.8, 4) is 0 Å². The topological polar surface area (TPSA) is 208 Å². The van der Waals surface area contributed by atoms with Gasteiger partial charge in [-0.3, -0.25) is 19.2 Å². The Bertz CT molecular complexity index is 679. The largest absolute Gasteiger partial charge is 0.480 e. The number of unbranched alkanes of at least 4 members (excludes halogenated alkanes) is 1. The SMILES string of the molecule is O=CCCCNC(=O)CCC(NC(=O)COCCOCCNC(=O)COCCOCCNC=O)C(=O)O. The molecule has 0 radical (unpaired) electrons. The third kappa shape index (κ3) is 23.0. The lowest BCUT2D eigenvalue weighted by Gasteiger charge is -2.14. The summed E-state index contributed by atoms with van der Waals surface area (Å²) in [6.07, 6.45) is 1.97. The molecule has 0 heterocycles. The third-order valence-corrected chi connectivity index (χ3v) is 4.37. The van der Waals surface area contributed by atoms with E-state index < -0.39 is 17.9 Å². The fourth-order valence-electron chi connectivity index (χ4n) is 2.54. The minimum atomic E-state index is -1.27. The quantitative estimate of drug-likeness (QED) is 0.0572. The Morgan fingerprint density at radius 3 is 1.95 bits per heavy atom. The molecule has 0 aromatic rings. The number of nitrogens with one attached hydrogen (secondary N) is 4. The molecule has 1 unspecified atom stereocenters. The number of aliphatic carboxylic acids is 1. The number of aldehydes is 1. The smallest absolute Gasteiger partial charge is 0.326 e. The van der Waals surface area contributed by atoms with Crippen LogP contribution in [0, 0.1) is 0 Å². The monoisotopic (exact) mass is 534 g/mol. The molecule has 4 amide bonds. The molecule has 0 saturated carbocycles. The van der Waals surface area contributed by atoms with Gasteiger partial charge in [0, 0.05) is 32.5 Å². The van der Waals surface area contributed by atoms with Crippen LogP contribution in [0.3, 0.4) is 0 Å². The van der Waals surface area contributed by atoms with Crippen molar-refractivity contribution in [2.24, 2.45) is 0 Å². The summed E-state index contributed by atoms with van der Waals surface area (Å²) in [6.45, 7) is 1.81. The molecule has 0 saturated heterocycles. The molecule has 1 atom stereocenters. The standard InChI is InChI=1S/C22H38N4O11/c27-8-2-1-5-24-19(29)4-3-18(22(32)33)26-21(31)16-37-14-12-35-10-7-25-20(30)15-36-13-11-34-9-6-23-17-28/h8,17-18H,1-7,9-16H2,(H,23,28)(H,24,29)(H,25,30)(H,26,31)(H,32,33). The van der Waals surface area contributed by atoms with E-state index in [2.05, 4.69) is 21.3 Å². The van der Waals surface area contributed by atoms with Crippen LogP contribution in [0.5, 0.6) is 0 Å². The highest BCUT2D eigenvalue weighted by Gasteiger charge is 2.21. The summed E-state index contributed by atoms with van der Waals surface area (Å²) in [5.74, 6) is -2.60. The van der Waals surface area contributed by atoms with Gasteiger partial charge in [0.05, 0.1) is 39.6 Å². The molecule has 0 fully saturated rings. The van der Waals surface area contributed by atoms with Gasteiger partial charge in [-0.2, -0.15) is 0 Å². The van der Waals surface area contributed by atoms with Crippen LogP contribution in [-0.2, 0) is 47.7 Å². The Hall–Kier alpha value is -3.14. The lowest BCUT2D eigenvalue weighted by atomic mass is 10.1. The predicted octanol–water partition coefficient (Wildman–Crippen LogP) is -2.64. The first-order valence-electron chi connectivity index (χ1n) is 11.9. The summed E-state index contributed by atoms with van der Waals surface area (Å²) in [7, 11) is 0. The minimum Gasteiger partial charge on any atom is -0.480 e. The van der Waals surface area contributed by atoms with Gasteiger partial charge in [0.25, 0.3) is 0 Å². The van der Waals surface area contributed by atoms with Gasteiger partial charge in [0.1, 0.15) is 25.5 Å². The Morgan fingerprint density at radius 2 is 1.32 bits per heavy atom. The van der Waals surface area contributed by atoms with Crippen LogP contribution in [0.1, 0.15) is 25.7 Å². The fourth-order valence-corrected chi connectivity index (χ4v) is 2.54. The van der Waals surface area contributed by atoms with E-state index in [1.165, 1.54) is 0 Å². The molecule has 15 nitrogen and oxygen atoms in total. The number of carboxylic acid groups (broad SMARTS) is 1. The molecule has 0 aliphatic heterocycles. The van der Waals surface area contributed by atoms with Crippen molar-refractivity contribution < 1.29 is 52.8 Å². The summed E-state index contributed by atoms with van der Waals surface area (Å²) in [4.78, 5) is 66.7. The maximum Gasteiger partial charge on any atom is 0.326 e. The second-order valence-corrected chi connectivity index (χ2v) is 7.41. The molecule has 212 valence electrons. The first-order chi connectivity index (χ1) is 17.9. The molecule has 0 bridgehead atoms. The summed E-state index contributed by atoms with van der Waals surface area (Å²) >= 11 is 0. The van der Waals surface area contributed by atoms with Crippen LogP contribution < -0.4 is 21.3 Å². The number of hydrogen-bond donors (Lipinski definition) is 5. The normalized spacial score (nSPS) is 11.2. The van der Waals surface area contributed by atoms with E-state index in [4.69, 9.17) is 18.9 Å². The second-order valence-electron chi connectivity index (χ2n) is 7.41. The summed E-state index contributed by atoms with van der Waals surface area (Å²) in [6, 6.07) is -1.24. The lowest BCUT2D eigenvalue weighted by molar-refractivity contribution is -0.143. The predicted molar refractivity (Wildman–Crippen MR) is 127 cm³/mol. The first-order valence-corrected chi connectivity index (χ1v) is 11.9. The second kappa shape index (κ2) is 24.5. The van der Waals surface area contributed by atoms with Crippen LogP contribution in [-0.4, -0.2) is 120 Å². The van der Waals surface area contributed by atoms with Crippen molar-refractivity contribution >= 4 is 36.4 Å². The summed E-state index contributed by atoms with van der Waals surface area (Å²) < 4.78 is 20.7. The lowest BCUT2D eigenvalue weighted by Crippen LogP contribution is -2.43. The van der Waals surface area contributed by atoms with Crippen molar-refractivity contribution in [2.45, 2.75) is 31.7 Å². The van der Waals surface area contributed by atoms with Crippen molar-refractivity contribution in [1.29, 1.82) is 0 Å². The molecule has 0 aromatic heterocycles. The number of rotatable bonds is 26. The molecule has 0 rings (SSSR count). The molecule has 5 N–H and O–H groups in total. The van der Waals surface area contributed by atoms with Gasteiger partial charge in [-0.05, 0) is 12.8 Å². The highest BCUT2D eigenvalue weighted by molar-refractivity contribution is 5.85. The number of hydrogen-bond acceptors (Lipinski definition) is 10. The van der Waals surface area contributed by atoms with Crippen LogP contribution in [0.2, 0.25) is 0 Å². The van der Waals surface area contributed by atoms with Gasteiger partial charge in [-0.25, -0.2) is 4.79 Å². The minimum absolute atomic E-state index is 0.0772. The zero-order valence-corrected chi connectivity index (χ0v) is 20.9. The summed E-state index contributed by atoms with van der Waals surface area (Å²) in [5.41, 5.74) is 0. The number of ether oxygens (including phenoxy) is 4. The maximum absolute atomic E-state index is 11.9. The maximum atomic E-state index is 11.9. The van der Waals surface area contributed by atoms with E-state index >= 15 is 0 Å². The van der Waals surface area contributed by atoms with E-state index in [0.717, 1.165) is 6.29 Å². The van der Waals surface area contributed by atoms with E-state index in [1.807, 2.05) is 0 Å². The van der Waals surface area contributed by atoms with Crippen LogP contribution in [0.15, 0.2) is 0 Å². The van der Waals surface area contributed by atoms with Crippen molar-refractivity contribution in [1.82, 2.24) is 21.3 Å². The van der Waals surface area contributed by atoms with Crippen LogP contribution in [0.25, 0.3) is 0 Å². The van der Waals surface area contributed by atoms with Crippen molar-refractivity contribution in [3.63, 3.8) is 0 Å². The van der Waals surface area contributed by atoms with Crippen molar-refractivity contribution in [3.05, 3.63) is 0 Å². The Morgan fingerprint density at radius 1 is 0.730 bits per heavy atom. The van der Waals surface area contributed by atoms with Gasteiger partial charge in [-0.1, -0.05) is 0 Å². The molecule has 15 heteroatoms. The van der Waals surface area contributed by atoms with E-state index in [0.29, 0.717) is 45.6 Å². The Balaban J connectivity index is 3.71. The average molecular weight is 535 g/mol. The molecular weight excluding hydrogens is 496 g/mol.